The number of halogens is 17. The zero-order valence-corrected chi connectivity index (χ0v) is 16.5. The summed E-state index contributed by atoms with van der Waals surface area (Å²) in [6, 6.07) is 0. The molecule has 0 rings (SSSR count). The van der Waals surface area contributed by atoms with E-state index in [1.807, 2.05) is 0 Å². The van der Waals surface area contributed by atoms with E-state index < -0.39 is 66.9 Å². The normalized spacial score (nSPS) is 15.7. The quantitative estimate of drug-likeness (QED) is 0.174. The van der Waals surface area contributed by atoms with Crippen LogP contribution in [0.2, 0.25) is 0 Å². The zero-order valence-electron chi connectivity index (χ0n) is 16.5. The molecule has 0 heterocycles. The largest absolute Gasteiger partial charge is 0.460 e. The summed E-state index contributed by atoms with van der Waals surface area (Å²) in [4.78, 5) is 0. The van der Waals surface area contributed by atoms with Gasteiger partial charge >= 0.3 is 47.6 Å². The highest BCUT2D eigenvalue weighted by molar-refractivity contribution is 5.15. The van der Waals surface area contributed by atoms with Gasteiger partial charge in [-0.2, -0.15) is 74.6 Å². The maximum Gasteiger partial charge on any atom is 0.460 e. The minimum atomic E-state index is -8.59. The average Bonchev–Trinajstić information content (AvgIpc) is 2.65. The van der Waals surface area contributed by atoms with Crippen LogP contribution in [-0.2, 0) is 0 Å². The van der Waals surface area contributed by atoms with Gasteiger partial charge in [-0.15, -0.1) is 0 Å². The highest BCUT2D eigenvalue weighted by Gasteiger charge is 2.95. The van der Waals surface area contributed by atoms with Gasteiger partial charge in [-0.25, -0.2) is 0 Å². The Bertz CT molecular complexity index is 652. The third kappa shape index (κ3) is 5.29. The standard InChI is InChI=1S/C16H17F17O/c17-9(18,7-5-3-1-2-4-6-8-34)10(19,20)11(21,22)12(23,24)13(25,26)14(27,28)15(29,30)16(31,32)33/h34H,1-8H2. The Hall–Kier alpha value is -1.23. The predicted octanol–water partition coefficient (Wildman–Crippen LogP) is 7.72. The highest BCUT2D eigenvalue weighted by atomic mass is 19.4. The van der Waals surface area contributed by atoms with Crippen molar-refractivity contribution in [2.75, 3.05) is 6.61 Å². The summed E-state index contributed by atoms with van der Waals surface area (Å²) in [6.07, 6.45) is -10.9. The lowest BCUT2D eigenvalue weighted by Crippen LogP contribution is -2.74. The topological polar surface area (TPSA) is 20.2 Å². The van der Waals surface area contributed by atoms with Crippen molar-refractivity contribution in [1.82, 2.24) is 0 Å². The van der Waals surface area contributed by atoms with Gasteiger partial charge in [-0.3, -0.25) is 0 Å². The molecule has 0 fully saturated rings. The maximum absolute atomic E-state index is 13.6. The molecule has 0 radical (unpaired) electrons. The van der Waals surface area contributed by atoms with Crippen molar-refractivity contribution in [3.8, 4) is 0 Å². The minimum absolute atomic E-state index is 0.0228. The summed E-state index contributed by atoms with van der Waals surface area (Å²) in [5.74, 6) is -55.8. The first-order chi connectivity index (χ1) is 14.8. The molecule has 0 atom stereocenters. The second-order valence-corrected chi connectivity index (χ2v) is 7.24. The molecule has 0 aromatic rings. The van der Waals surface area contributed by atoms with E-state index in [0.717, 1.165) is 0 Å². The lowest BCUT2D eigenvalue weighted by atomic mass is 9.87. The lowest BCUT2D eigenvalue weighted by Gasteiger charge is -2.42. The number of unbranched alkanes of at least 4 members (excludes halogenated alkanes) is 5. The summed E-state index contributed by atoms with van der Waals surface area (Å²) >= 11 is 0. The van der Waals surface area contributed by atoms with Crippen LogP contribution in [0, 0.1) is 0 Å². The van der Waals surface area contributed by atoms with Gasteiger partial charge in [0.15, 0.2) is 0 Å². The minimum Gasteiger partial charge on any atom is -0.396 e. The van der Waals surface area contributed by atoms with E-state index >= 15 is 0 Å². The molecule has 0 aliphatic rings. The van der Waals surface area contributed by atoms with E-state index in [2.05, 4.69) is 0 Å². The second-order valence-electron chi connectivity index (χ2n) is 7.24. The molecule has 1 nitrogen and oxygen atoms in total. The van der Waals surface area contributed by atoms with Crippen molar-refractivity contribution in [3.63, 3.8) is 0 Å². The van der Waals surface area contributed by atoms with E-state index in [9.17, 15) is 74.6 Å². The Balaban J connectivity index is 5.98. The first-order valence-electron chi connectivity index (χ1n) is 9.13. The third-order valence-electron chi connectivity index (χ3n) is 4.69. The van der Waals surface area contributed by atoms with Crippen LogP contribution in [0.1, 0.15) is 44.9 Å². The lowest BCUT2D eigenvalue weighted by molar-refractivity contribution is -0.461. The summed E-state index contributed by atoms with van der Waals surface area (Å²) in [6.45, 7) is -0.258. The fourth-order valence-corrected chi connectivity index (χ4v) is 2.52. The SMILES string of the molecule is OCCCCCCCCC(F)(F)C(F)(F)C(F)(F)C(F)(F)C(F)(F)C(F)(F)C(F)(F)C(F)(F)F. The fraction of sp³-hybridized carbons (Fsp3) is 1.00. The first kappa shape index (κ1) is 32.8. The van der Waals surface area contributed by atoms with Crippen molar-refractivity contribution in [2.24, 2.45) is 0 Å². The zero-order chi connectivity index (χ0) is 27.7. The Morgan fingerprint density at radius 3 is 1.00 bits per heavy atom. The van der Waals surface area contributed by atoms with Gasteiger partial charge in [0.25, 0.3) is 0 Å². The molecule has 34 heavy (non-hydrogen) atoms. The van der Waals surface area contributed by atoms with Crippen molar-refractivity contribution < 1.29 is 79.7 Å². The van der Waals surface area contributed by atoms with Crippen LogP contribution in [-0.4, -0.2) is 59.3 Å². The van der Waals surface area contributed by atoms with Gasteiger partial charge in [-0.05, 0) is 12.8 Å². The van der Waals surface area contributed by atoms with E-state index in [0.29, 0.717) is 6.42 Å². The molecule has 0 aliphatic carbocycles. The molecular formula is C16H17F17O. The van der Waals surface area contributed by atoms with E-state index in [1.54, 1.807) is 0 Å². The monoisotopic (exact) mass is 548 g/mol. The number of hydrogen-bond donors (Lipinski definition) is 1. The summed E-state index contributed by atoms with van der Waals surface area (Å²) in [7, 11) is 0. The van der Waals surface area contributed by atoms with Crippen LogP contribution in [0.15, 0.2) is 0 Å². The van der Waals surface area contributed by atoms with Crippen LogP contribution >= 0.6 is 0 Å². The number of aliphatic hydroxyl groups excluding tert-OH is 1. The Labute approximate surface area is 180 Å². The molecule has 0 amide bonds. The van der Waals surface area contributed by atoms with Crippen molar-refractivity contribution >= 4 is 0 Å². The smallest absolute Gasteiger partial charge is 0.396 e. The molecule has 0 bridgehead atoms. The number of alkyl halides is 17. The van der Waals surface area contributed by atoms with E-state index in [1.165, 1.54) is 0 Å². The van der Waals surface area contributed by atoms with Crippen LogP contribution in [0.3, 0.4) is 0 Å². The first-order valence-corrected chi connectivity index (χ1v) is 9.13. The molecule has 206 valence electrons. The van der Waals surface area contributed by atoms with Gasteiger partial charge in [-0.1, -0.05) is 25.7 Å². The molecule has 18 heteroatoms. The molecular weight excluding hydrogens is 531 g/mol. The van der Waals surface area contributed by atoms with Crippen molar-refractivity contribution in [1.29, 1.82) is 0 Å². The fourth-order valence-electron chi connectivity index (χ4n) is 2.52. The molecule has 0 aliphatic heterocycles. The number of rotatable bonds is 14. The van der Waals surface area contributed by atoms with Crippen LogP contribution in [0.5, 0.6) is 0 Å². The Kier molecular flexibility index (Phi) is 9.66. The number of aliphatic hydroxyl groups is 1. The van der Waals surface area contributed by atoms with Gasteiger partial charge in [0.2, 0.25) is 0 Å². The van der Waals surface area contributed by atoms with Gasteiger partial charge in [0.05, 0.1) is 0 Å². The van der Waals surface area contributed by atoms with Gasteiger partial charge in [0, 0.05) is 13.0 Å². The molecule has 1 N–H and O–H groups in total. The van der Waals surface area contributed by atoms with Gasteiger partial charge < -0.3 is 5.11 Å². The highest BCUT2D eigenvalue weighted by Crippen LogP contribution is 2.64. The molecule has 0 spiro atoms. The van der Waals surface area contributed by atoms with Crippen molar-refractivity contribution in [2.45, 2.75) is 92.6 Å². The van der Waals surface area contributed by atoms with E-state index in [4.69, 9.17) is 5.11 Å². The van der Waals surface area contributed by atoms with Crippen LogP contribution in [0.25, 0.3) is 0 Å². The molecule has 0 saturated heterocycles. The number of hydrogen-bond acceptors (Lipinski definition) is 1. The van der Waals surface area contributed by atoms with Crippen molar-refractivity contribution in [3.05, 3.63) is 0 Å². The third-order valence-corrected chi connectivity index (χ3v) is 4.69. The Morgan fingerprint density at radius 2 is 0.647 bits per heavy atom. The van der Waals surface area contributed by atoms with E-state index in [-0.39, 0.29) is 25.9 Å². The second kappa shape index (κ2) is 10.0. The predicted molar refractivity (Wildman–Crippen MR) is 80.1 cm³/mol. The summed E-state index contributed by atoms with van der Waals surface area (Å²) in [5, 5.41) is 8.49. The molecule has 0 unspecified atom stereocenters. The summed E-state index contributed by atoms with van der Waals surface area (Å²) < 4.78 is 223. The van der Waals surface area contributed by atoms with Gasteiger partial charge in [0.1, 0.15) is 0 Å². The molecule has 0 saturated carbocycles. The molecule has 0 aromatic carbocycles. The van der Waals surface area contributed by atoms with Crippen LogP contribution < -0.4 is 0 Å². The summed E-state index contributed by atoms with van der Waals surface area (Å²) in [5.41, 5.74) is 0. The average molecular weight is 548 g/mol. The maximum atomic E-state index is 13.6. The molecule has 0 aromatic heterocycles. The van der Waals surface area contributed by atoms with Crippen LogP contribution in [0.4, 0.5) is 74.6 Å². The Morgan fingerprint density at radius 1 is 0.353 bits per heavy atom.